The largest absolute Gasteiger partial charge is 0.351 e. The molecular formula is C15H16N2OS2. The summed E-state index contributed by atoms with van der Waals surface area (Å²) in [6.07, 6.45) is 0.949. The van der Waals surface area contributed by atoms with Gasteiger partial charge in [0.2, 0.25) is 0 Å². The third kappa shape index (κ3) is 2.57. The summed E-state index contributed by atoms with van der Waals surface area (Å²) >= 11 is 3.34. The summed E-state index contributed by atoms with van der Waals surface area (Å²) in [6, 6.07) is 10.4. The maximum atomic E-state index is 12.1. The SMILES string of the molecule is CNCCCNC(=O)c1cc2sc3ccccc3c2s1. The quantitative estimate of drug-likeness (QED) is 0.709. The Bertz CT molecular complexity index is 745. The van der Waals surface area contributed by atoms with Crippen LogP contribution in [0.25, 0.3) is 19.5 Å². The van der Waals surface area contributed by atoms with Gasteiger partial charge >= 0.3 is 0 Å². The Labute approximate surface area is 125 Å². The lowest BCUT2D eigenvalue weighted by atomic mass is 10.2. The van der Waals surface area contributed by atoms with Gasteiger partial charge in [-0.05, 0) is 32.1 Å². The van der Waals surface area contributed by atoms with Crippen LogP contribution in [-0.4, -0.2) is 26.0 Å². The molecule has 3 nitrogen and oxygen atoms in total. The molecule has 1 aromatic carbocycles. The highest BCUT2D eigenvalue weighted by molar-refractivity contribution is 7.33. The predicted octanol–water partition coefficient (Wildman–Crippen LogP) is 3.46. The zero-order valence-electron chi connectivity index (χ0n) is 11.2. The Kier molecular flexibility index (Phi) is 4.00. The van der Waals surface area contributed by atoms with Crippen molar-refractivity contribution in [2.24, 2.45) is 0 Å². The number of thiophene rings is 2. The first-order valence-electron chi connectivity index (χ1n) is 6.63. The lowest BCUT2D eigenvalue weighted by Gasteiger charge is -2.02. The fraction of sp³-hybridized carbons (Fsp3) is 0.267. The van der Waals surface area contributed by atoms with Crippen LogP contribution in [0.2, 0.25) is 0 Å². The second kappa shape index (κ2) is 5.91. The first-order chi connectivity index (χ1) is 9.79. The van der Waals surface area contributed by atoms with Crippen molar-refractivity contribution in [3.05, 3.63) is 35.2 Å². The Morgan fingerprint density at radius 3 is 2.85 bits per heavy atom. The monoisotopic (exact) mass is 304 g/mol. The van der Waals surface area contributed by atoms with E-state index in [1.54, 1.807) is 22.7 Å². The molecule has 0 aliphatic heterocycles. The highest BCUT2D eigenvalue weighted by Gasteiger charge is 2.13. The molecule has 2 heterocycles. The van der Waals surface area contributed by atoms with Gasteiger partial charge in [-0.3, -0.25) is 4.79 Å². The molecule has 0 aliphatic carbocycles. The Morgan fingerprint density at radius 1 is 1.15 bits per heavy atom. The van der Waals surface area contributed by atoms with E-state index in [0.29, 0.717) is 6.54 Å². The molecule has 2 N–H and O–H groups in total. The molecule has 3 aromatic rings. The number of hydrogen-bond acceptors (Lipinski definition) is 4. The van der Waals surface area contributed by atoms with Gasteiger partial charge in [0.1, 0.15) is 0 Å². The molecule has 0 bridgehead atoms. The van der Waals surface area contributed by atoms with Crippen molar-refractivity contribution < 1.29 is 4.79 Å². The molecule has 1 amide bonds. The Hall–Kier alpha value is -1.43. The minimum Gasteiger partial charge on any atom is -0.351 e. The van der Waals surface area contributed by atoms with Crippen LogP contribution in [0.5, 0.6) is 0 Å². The van der Waals surface area contributed by atoms with Crippen molar-refractivity contribution in [1.82, 2.24) is 10.6 Å². The summed E-state index contributed by atoms with van der Waals surface area (Å²) < 4.78 is 3.72. The van der Waals surface area contributed by atoms with Crippen molar-refractivity contribution in [2.75, 3.05) is 20.1 Å². The van der Waals surface area contributed by atoms with Crippen LogP contribution in [0.3, 0.4) is 0 Å². The van der Waals surface area contributed by atoms with Crippen LogP contribution in [0, 0.1) is 0 Å². The number of carbonyl (C=O) groups excluding carboxylic acids is 1. The molecule has 3 rings (SSSR count). The molecule has 0 saturated carbocycles. The summed E-state index contributed by atoms with van der Waals surface area (Å²) in [6.45, 7) is 1.64. The van der Waals surface area contributed by atoms with E-state index in [1.165, 1.54) is 19.5 Å². The number of rotatable bonds is 5. The molecule has 0 spiro atoms. The van der Waals surface area contributed by atoms with Gasteiger partial charge in [0.15, 0.2) is 0 Å². The van der Waals surface area contributed by atoms with Crippen LogP contribution in [0.15, 0.2) is 30.3 Å². The highest BCUT2D eigenvalue weighted by Crippen LogP contribution is 2.39. The van der Waals surface area contributed by atoms with Crippen molar-refractivity contribution in [1.29, 1.82) is 0 Å². The lowest BCUT2D eigenvalue weighted by Crippen LogP contribution is -2.25. The average molecular weight is 304 g/mol. The summed E-state index contributed by atoms with van der Waals surface area (Å²) in [7, 11) is 1.92. The molecule has 0 fully saturated rings. The van der Waals surface area contributed by atoms with Crippen molar-refractivity contribution >= 4 is 48.1 Å². The molecule has 0 unspecified atom stereocenters. The molecular weight excluding hydrogens is 288 g/mol. The second-order valence-corrected chi connectivity index (χ2v) is 6.75. The molecule has 104 valence electrons. The molecule has 0 aliphatic rings. The van der Waals surface area contributed by atoms with Crippen molar-refractivity contribution in [3.63, 3.8) is 0 Å². The molecule has 0 saturated heterocycles. The molecule has 5 heteroatoms. The van der Waals surface area contributed by atoms with Gasteiger partial charge in [-0.2, -0.15) is 0 Å². The maximum absolute atomic E-state index is 12.1. The van der Waals surface area contributed by atoms with E-state index < -0.39 is 0 Å². The Morgan fingerprint density at radius 2 is 2.00 bits per heavy atom. The summed E-state index contributed by atoms with van der Waals surface area (Å²) in [5, 5.41) is 7.30. The van der Waals surface area contributed by atoms with Crippen LogP contribution in [0.1, 0.15) is 16.1 Å². The van der Waals surface area contributed by atoms with Gasteiger partial charge in [-0.15, -0.1) is 22.7 Å². The lowest BCUT2D eigenvalue weighted by molar-refractivity contribution is 0.0957. The van der Waals surface area contributed by atoms with Gasteiger partial charge in [0.25, 0.3) is 5.91 Å². The van der Waals surface area contributed by atoms with Crippen LogP contribution < -0.4 is 10.6 Å². The van der Waals surface area contributed by atoms with Gasteiger partial charge in [0.05, 0.1) is 9.58 Å². The maximum Gasteiger partial charge on any atom is 0.261 e. The second-order valence-electron chi connectivity index (χ2n) is 4.62. The van der Waals surface area contributed by atoms with Crippen molar-refractivity contribution in [3.8, 4) is 0 Å². The summed E-state index contributed by atoms with van der Waals surface area (Å²) in [4.78, 5) is 12.9. The fourth-order valence-corrected chi connectivity index (χ4v) is 4.61. The number of nitrogens with one attached hydrogen (secondary N) is 2. The zero-order chi connectivity index (χ0) is 13.9. The van der Waals surface area contributed by atoms with E-state index in [2.05, 4.69) is 28.8 Å². The summed E-state index contributed by atoms with van der Waals surface area (Å²) in [5.74, 6) is 0.0404. The number of fused-ring (bicyclic) bond motifs is 3. The minimum atomic E-state index is 0.0404. The topological polar surface area (TPSA) is 41.1 Å². The van der Waals surface area contributed by atoms with E-state index in [0.717, 1.165) is 17.8 Å². The van der Waals surface area contributed by atoms with E-state index in [-0.39, 0.29) is 5.91 Å². The van der Waals surface area contributed by atoms with E-state index >= 15 is 0 Å². The van der Waals surface area contributed by atoms with E-state index in [1.807, 2.05) is 19.2 Å². The number of amides is 1. The molecule has 0 radical (unpaired) electrons. The Balaban J connectivity index is 1.80. The number of carbonyl (C=O) groups is 1. The predicted molar refractivity (Wildman–Crippen MR) is 88.1 cm³/mol. The number of hydrogen-bond donors (Lipinski definition) is 2. The van der Waals surface area contributed by atoms with Crippen molar-refractivity contribution in [2.45, 2.75) is 6.42 Å². The minimum absolute atomic E-state index is 0.0404. The third-order valence-electron chi connectivity index (χ3n) is 3.16. The van der Waals surface area contributed by atoms with Gasteiger partial charge in [-0.25, -0.2) is 0 Å². The fourth-order valence-electron chi connectivity index (χ4n) is 2.17. The third-order valence-corrected chi connectivity index (χ3v) is 5.58. The molecule has 0 atom stereocenters. The summed E-state index contributed by atoms with van der Waals surface area (Å²) in [5.41, 5.74) is 0. The van der Waals surface area contributed by atoms with Gasteiger partial charge in [-0.1, -0.05) is 18.2 Å². The highest BCUT2D eigenvalue weighted by atomic mass is 32.1. The zero-order valence-corrected chi connectivity index (χ0v) is 12.9. The average Bonchev–Trinajstić information content (AvgIpc) is 3.01. The standard InChI is InChI=1S/C15H16N2OS2/c1-16-7-4-8-17-15(18)13-9-12-14(20-13)10-5-2-3-6-11(10)19-12/h2-3,5-6,9,16H,4,7-8H2,1H3,(H,17,18). The normalized spacial score (nSPS) is 11.2. The van der Waals surface area contributed by atoms with E-state index in [9.17, 15) is 4.79 Å². The number of benzene rings is 1. The molecule has 20 heavy (non-hydrogen) atoms. The first kappa shape index (κ1) is 13.5. The smallest absolute Gasteiger partial charge is 0.261 e. The first-order valence-corrected chi connectivity index (χ1v) is 8.27. The molecule has 2 aromatic heterocycles. The van der Waals surface area contributed by atoms with E-state index in [4.69, 9.17) is 0 Å². The van der Waals surface area contributed by atoms with Crippen LogP contribution in [-0.2, 0) is 0 Å². The van der Waals surface area contributed by atoms with Crippen LogP contribution >= 0.6 is 22.7 Å². The van der Waals surface area contributed by atoms with Gasteiger partial charge in [0, 0.05) is 21.3 Å². The van der Waals surface area contributed by atoms with Gasteiger partial charge < -0.3 is 10.6 Å². The van der Waals surface area contributed by atoms with Crippen LogP contribution in [0.4, 0.5) is 0 Å².